The molecule has 130 valence electrons. The fraction of sp³-hybridized carbons (Fsp3) is 0.765. The van der Waals surface area contributed by atoms with E-state index in [9.17, 15) is 4.79 Å². The molecule has 0 atom stereocenters. The molecule has 6 nitrogen and oxygen atoms in total. The third kappa shape index (κ3) is 5.86. The van der Waals surface area contributed by atoms with E-state index >= 15 is 0 Å². The molecule has 0 aromatic carbocycles. The summed E-state index contributed by atoms with van der Waals surface area (Å²) in [5, 5.41) is 7.73. The topological polar surface area (TPSA) is 59.4 Å². The summed E-state index contributed by atoms with van der Waals surface area (Å²) in [4.78, 5) is 14.1. The summed E-state index contributed by atoms with van der Waals surface area (Å²) < 4.78 is 7.53. The Hall–Kier alpha value is -1.56. The van der Waals surface area contributed by atoms with Gasteiger partial charge in [-0.15, -0.1) is 0 Å². The molecule has 1 fully saturated rings. The Kier molecular flexibility index (Phi) is 6.04. The van der Waals surface area contributed by atoms with E-state index in [4.69, 9.17) is 4.74 Å². The predicted octanol–water partition coefficient (Wildman–Crippen LogP) is 2.78. The van der Waals surface area contributed by atoms with Gasteiger partial charge in [0.25, 0.3) is 0 Å². The van der Waals surface area contributed by atoms with E-state index in [-0.39, 0.29) is 6.09 Å². The summed E-state index contributed by atoms with van der Waals surface area (Å²) >= 11 is 0. The zero-order chi connectivity index (χ0) is 16.9. The molecule has 6 heteroatoms. The Balaban J connectivity index is 1.76. The maximum Gasteiger partial charge on any atom is 0.410 e. The zero-order valence-electron chi connectivity index (χ0n) is 14.8. The van der Waals surface area contributed by atoms with Gasteiger partial charge in [-0.05, 0) is 46.1 Å². The number of nitrogens with one attached hydrogen (secondary N) is 1. The van der Waals surface area contributed by atoms with E-state index in [2.05, 4.69) is 17.3 Å². The van der Waals surface area contributed by atoms with Crippen LogP contribution < -0.4 is 5.32 Å². The highest BCUT2D eigenvalue weighted by molar-refractivity contribution is 5.69. The first-order chi connectivity index (χ1) is 10.9. The van der Waals surface area contributed by atoms with Gasteiger partial charge in [0, 0.05) is 38.4 Å². The van der Waals surface area contributed by atoms with Gasteiger partial charge in [-0.1, -0.05) is 6.92 Å². The molecule has 0 aliphatic heterocycles. The monoisotopic (exact) mass is 322 g/mol. The van der Waals surface area contributed by atoms with Crippen molar-refractivity contribution in [3.05, 3.63) is 18.0 Å². The van der Waals surface area contributed by atoms with Crippen molar-refractivity contribution in [3.8, 4) is 0 Å². The highest BCUT2D eigenvalue weighted by atomic mass is 16.6. The molecule has 1 aromatic rings. The summed E-state index contributed by atoms with van der Waals surface area (Å²) in [6.07, 6.45) is 4.88. The summed E-state index contributed by atoms with van der Waals surface area (Å²) in [5.74, 6) is 0. The molecule has 0 saturated heterocycles. The van der Waals surface area contributed by atoms with Crippen LogP contribution in [-0.2, 0) is 17.8 Å². The number of carbonyl (C=O) groups is 1. The molecule has 2 rings (SSSR count). The molecule has 0 bridgehead atoms. The van der Waals surface area contributed by atoms with Crippen molar-refractivity contribution in [1.29, 1.82) is 0 Å². The maximum absolute atomic E-state index is 12.3. The number of carbonyl (C=O) groups excluding carboxylic acids is 1. The average Bonchev–Trinajstić information content (AvgIpc) is 3.18. The van der Waals surface area contributed by atoms with Crippen LogP contribution in [0.2, 0.25) is 0 Å². The van der Waals surface area contributed by atoms with E-state index < -0.39 is 5.60 Å². The Morgan fingerprint density at radius 1 is 1.48 bits per heavy atom. The van der Waals surface area contributed by atoms with Crippen molar-refractivity contribution in [1.82, 2.24) is 20.0 Å². The van der Waals surface area contributed by atoms with Crippen LogP contribution in [0.5, 0.6) is 0 Å². The lowest BCUT2D eigenvalue weighted by Gasteiger charge is -2.27. The van der Waals surface area contributed by atoms with E-state index in [0.29, 0.717) is 12.6 Å². The molecule has 1 N–H and O–H groups in total. The van der Waals surface area contributed by atoms with Crippen molar-refractivity contribution in [2.45, 2.75) is 71.7 Å². The number of nitrogens with zero attached hydrogens (tertiary/aromatic N) is 3. The lowest BCUT2D eigenvalue weighted by Crippen LogP contribution is -2.41. The van der Waals surface area contributed by atoms with Gasteiger partial charge in [-0.25, -0.2) is 4.79 Å². The zero-order valence-corrected chi connectivity index (χ0v) is 14.8. The molecule has 1 amide bonds. The number of ether oxygens (including phenoxy) is 1. The molecule has 23 heavy (non-hydrogen) atoms. The standard InChI is InChI=1S/C17H30N4O2/c1-5-11-21-15(8-9-19-21)13-18-10-12-20(14-6-7-14)16(22)23-17(2,3)4/h8-9,14,18H,5-7,10-13H2,1-4H3. The Bertz CT molecular complexity index is 503. The fourth-order valence-corrected chi connectivity index (χ4v) is 2.47. The maximum atomic E-state index is 12.3. The molecule has 1 saturated carbocycles. The lowest BCUT2D eigenvalue weighted by atomic mass is 10.2. The molecule has 0 unspecified atom stereocenters. The van der Waals surface area contributed by atoms with E-state index in [1.807, 2.05) is 42.6 Å². The van der Waals surface area contributed by atoms with Crippen molar-refractivity contribution in [2.24, 2.45) is 0 Å². The fourth-order valence-electron chi connectivity index (χ4n) is 2.47. The number of amides is 1. The minimum Gasteiger partial charge on any atom is -0.444 e. The molecule has 1 aliphatic carbocycles. The molecule has 0 radical (unpaired) electrons. The van der Waals surface area contributed by atoms with Crippen LogP contribution in [0, 0.1) is 0 Å². The van der Waals surface area contributed by atoms with Gasteiger partial charge < -0.3 is 15.0 Å². The summed E-state index contributed by atoms with van der Waals surface area (Å²) in [5.41, 5.74) is 0.742. The van der Waals surface area contributed by atoms with E-state index in [0.717, 1.165) is 38.9 Å². The summed E-state index contributed by atoms with van der Waals surface area (Å²) in [6, 6.07) is 2.40. The van der Waals surface area contributed by atoms with Gasteiger partial charge in [0.05, 0.1) is 5.69 Å². The molecular weight excluding hydrogens is 292 g/mol. The average molecular weight is 322 g/mol. The number of rotatable bonds is 8. The Morgan fingerprint density at radius 3 is 2.83 bits per heavy atom. The summed E-state index contributed by atoms with van der Waals surface area (Å²) in [6.45, 7) is 11.0. The highest BCUT2D eigenvalue weighted by Gasteiger charge is 2.34. The first kappa shape index (κ1) is 17.8. The number of aryl methyl sites for hydroxylation is 1. The van der Waals surface area contributed by atoms with Crippen molar-refractivity contribution in [2.75, 3.05) is 13.1 Å². The van der Waals surface area contributed by atoms with Crippen LogP contribution in [0.15, 0.2) is 12.3 Å². The van der Waals surface area contributed by atoms with Gasteiger partial charge in [0.15, 0.2) is 0 Å². The molecule has 1 heterocycles. The van der Waals surface area contributed by atoms with Crippen LogP contribution >= 0.6 is 0 Å². The minimum absolute atomic E-state index is 0.196. The highest BCUT2D eigenvalue weighted by Crippen LogP contribution is 2.28. The normalized spacial score (nSPS) is 14.8. The van der Waals surface area contributed by atoms with Gasteiger partial charge in [0.2, 0.25) is 0 Å². The second-order valence-corrected chi connectivity index (χ2v) is 7.13. The van der Waals surface area contributed by atoms with Gasteiger partial charge >= 0.3 is 6.09 Å². The van der Waals surface area contributed by atoms with Gasteiger partial charge in [-0.3, -0.25) is 4.68 Å². The second-order valence-electron chi connectivity index (χ2n) is 7.13. The van der Waals surface area contributed by atoms with Gasteiger partial charge in [0.1, 0.15) is 5.60 Å². The largest absolute Gasteiger partial charge is 0.444 e. The Morgan fingerprint density at radius 2 is 2.22 bits per heavy atom. The van der Waals surface area contributed by atoms with E-state index in [1.165, 1.54) is 5.69 Å². The number of hydrogen-bond donors (Lipinski definition) is 1. The number of aromatic nitrogens is 2. The Labute approximate surface area is 139 Å². The van der Waals surface area contributed by atoms with Crippen LogP contribution in [0.3, 0.4) is 0 Å². The van der Waals surface area contributed by atoms with Crippen molar-refractivity contribution >= 4 is 6.09 Å². The molecule has 1 aromatic heterocycles. The van der Waals surface area contributed by atoms with Crippen LogP contribution in [0.4, 0.5) is 4.79 Å². The van der Waals surface area contributed by atoms with Gasteiger partial charge in [-0.2, -0.15) is 5.10 Å². The van der Waals surface area contributed by atoms with Crippen LogP contribution in [-0.4, -0.2) is 45.5 Å². The minimum atomic E-state index is -0.440. The quantitative estimate of drug-likeness (QED) is 0.748. The van der Waals surface area contributed by atoms with Crippen molar-refractivity contribution in [3.63, 3.8) is 0 Å². The van der Waals surface area contributed by atoms with E-state index in [1.54, 1.807) is 0 Å². The number of hydrogen-bond acceptors (Lipinski definition) is 4. The predicted molar refractivity (Wildman–Crippen MR) is 90.2 cm³/mol. The van der Waals surface area contributed by atoms with Crippen molar-refractivity contribution < 1.29 is 9.53 Å². The third-order valence-corrected chi connectivity index (χ3v) is 3.69. The first-order valence-corrected chi connectivity index (χ1v) is 8.61. The first-order valence-electron chi connectivity index (χ1n) is 8.61. The third-order valence-electron chi connectivity index (χ3n) is 3.69. The molecule has 1 aliphatic rings. The van der Waals surface area contributed by atoms with Crippen LogP contribution in [0.25, 0.3) is 0 Å². The lowest BCUT2D eigenvalue weighted by molar-refractivity contribution is 0.0236. The SMILES string of the molecule is CCCn1nccc1CNCCN(C(=O)OC(C)(C)C)C1CC1. The summed E-state index contributed by atoms with van der Waals surface area (Å²) in [7, 11) is 0. The smallest absolute Gasteiger partial charge is 0.410 e. The second kappa shape index (κ2) is 7.81. The molecular formula is C17H30N4O2. The molecule has 0 spiro atoms. The van der Waals surface area contributed by atoms with Crippen LogP contribution in [0.1, 0.15) is 52.7 Å².